The third kappa shape index (κ3) is 2.00. The van der Waals surface area contributed by atoms with Gasteiger partial charge >= 0.3 is 0 Å². The van der Waals surface area contributed by atoms with Crippen LogP contribution in [0.25, 0.3) is 0 Å². The summed E-state index contributed by atoms with van der Waals surface area (Å²) < 4.78 is 2.43. The van der Waals surface area contributed by atoms with Crippen molar-refractivity contribution >= 4 is 12.2 Å². The Morgan fingerprint density at radius 2 is 2.08 bits per heavy atom. The molecule has 0 radical (unpaired) electrons. The van der Waals surface area contributed by atoms with Crippen molar-refractivity contribution in [3.63, 3.8) is 0 Å². The number of nitrogens with zero attached hydrogens (tertiary/aromatic N) is 1. The summed E-state index contributed by atoms with van der Waals surface area (Å²) in [4.78, 5) is 2.91. The second-order valence-corrected chi connectivity index (χ2v) is 4.73. The van der Waals surface area contributed by atoms with E-state index in [1.165, 1.54) is 0 Å². The van der Waals surface area contributed by atoms with Crippen LogP contribution in [0.5, 0.6) is 0 Å². The second-order valence-electron chi connectivity index (χ2n) is 4.35. The number of H-pyrrole nitrogens is 1. The Morgan fingerprint density at radius 3 is 2.38 bits per heavy atom. The van der Waals surface area contributed by atoms with E-state index in [1.54, 1.807) is 10.8 Å². The Kier molecular flexibility index (Phi) is 2.63. The lowest BCUT2D eigenvalue weighted by atomic mass is 9.87. The molecule has 0 aliphatic carbocycles. The molecule has 1 aromatic heterocycles. The molecule has 74 valence electrons. The van der Waals surface area contributed by atoms with Gasteiger partial charge in [0.25, 0.3) is 0 Å². The Balaban J connectivity index is 3.09. The normalized spacial score (nSPS) is 14.5. The van der Waals surface area contributed by atoms with Crippen LogP contribution in [0.1, 0.15) is 32.6 Å². The summed E-state index contributed by atoms with van der Waals surface area (Å²) in [5, 5.41) is 9.96. The molecule has 0 saturated heterocycles. The Bertz CT molecular complexity index is 345. The van der Waals surface area contributed by atoms with Crippen LogP contribution >= 0.6 is 12.2 Å². The molecule has 1 rings (SSSR count). The van der Waals surface area contributed by atoms with Crippen molar-refractivity contribution in [1.82, 2.24) is 9.55 Å². The van der Waals surface area contributed by atoms with Crippen LogP contribution in [0.15, 0.2) is 6.20 Å². The molecule has 0 bridgehead atoms. The number of aromatic amines is 1. The molecule has 1 unspecified atom stereocenters. The van der Waals surface area contributed by atoms with E-state index in [-0.39, 0.29) is 5.41 Å². The molecule has 4 heteroatoms. The number of aliphatic hydroxyl groups excluding tert-OH is 1. The fraction of sp³-hybridized carbons (Fsp3) is 0.667. The quantitative estimate of drug-likeness (QED) is 0.682. The molecule has 13 heavy (non-hydrogen) atoms. The summed E-state index contributed by atoms with van der Waals surface area (Å²) in [7, 11) is 1.85. The van der Waals surface area contributed by atoms with Gasteiger partial charge in [-0.1, -0.05) is 20.8 Å². The van der Waals surface area contributed by atoms with Crippen molar-refractivity contribution in [3.05, 3.63) is 16.7 Å². The molecular formula is C9H16N2OS. The maximum Gasteiger partial charge on any atom is 0.177 e. The standard InChI is InChI=1S/C9H16N2OS/c1-9(2,3)7(12)6-5-10-8(13)11(6)4/h5,7,12H,1-4H3,(H,10,13). The van der Waals surface area contributed by atoms with Crippen LogP contribution < -0.4 is 0 Å². The average molecular weight is 200 g/mol. The highest BCUT2D eigenvalue weighted by Crippen LogP contribution is 2.31. The highest BCUT2D eigenvalue weighted by molar-refractivity contribution is 7.71. The first-order chi connectivity index (χ1) is 5.84. The highest BCUT2D eigenvalue weighted by Gasteiger charge is 2.25. The van der Waals surface area contributed by atoms with Gasteiger partial charge in [-0.15, -0.1) is 0 Å². The first-order valence-electron chi connectivity index (χ1n) is 4.26. The minimum absolute atomic E-state index is 0.165. The van der Waals surface area contributed by atoms with Crippen molar-refractivity contribution in [2.24, 2.45) is 12.5 Å². The molecule has 0 aliphatic rings. The zero-order valence-electron chi connectivity index (χ0n) is 8.46. The van der Waals surface area contributed by atoms with Gasteiger partial charge in [-0.2, -0.15) is 0 Å². The summed E-state index contributed by atoms with van der Waals surface area (Å²) in [5.74, 6) is 0. The number of imidazole rings is 1. The SMILES string of the molecule is Cn1c(C(O)C(C)(C)C)c[nH]c1=S. The molecule has 2 N–H and O–H groups in total. The van der Waals surface area contributed by atoms with Crippen LogP contribution in [0.4, 0.5) is 0 Å². The lowest BCUT2D eigenvalue weighted by Gasteiger charge is -2.25. The minimum Gasteiger partial charge on any atom is -0.386 e. The smallest absolute Gasteiger partial charge is 0.177 e. The van der Waals surface area contributed by atoms with Crippen LogP contribution in [-0.2, 0) is 7.05 Å². The molecule has 3 nitrogen and oxygen atoms in total. The molecule has 0 fully saturated rings. The first kappa shape index (κ1) is 10.5. The number of hydrogen-bond acceptors (Lipinski definition) is 2. The summed E-state index contributed by atoms with van der Waals surface area (Å²) in [6.07, 6.45) is 1.27. The van der Waals surface area contributed by atoms with Crippen LogP contribution in [-0.4, -0.2) is 14.7 Å². The van der Waals surface area contributed by atoms with E-state index in [9.17, 15) is 5.11 Å². The third-order valence-electron chi connectivity index (χ3n) is 2.14. The van der Waals surface area contributed by atoms with Crippen molar-refractivity contribution in [2.75, 3.05) is 0 Å². The van der Waals surface area contributed by atoms with Crippen molar-refractivity contribution < 1.29 is 5.11 Å². The lowest BCUT2D eigenvalue weighted by molar-refractivity contribution is 0.0563. The Hall–Kier alpha value is -0.610. The van der Waals surface area contributed by atoms with E-state index in [0.29, 0.717) is 4.77 Å². The first-order valence-corrected chi connectivity index (χ1v) is 4.67. The summed E-state index contributed by atoms with van der Waals surface area (Å²) >= 11 is 5.01. The van der Waals surface area contributed by atoms with Gasteiger partial charge < -0.3 is 14.7 Å². The van der Waals surface area contributed by atoms with E-state index >= 15 is 0 Å². The largest absolute Gasteiger partial charge is 0.386 e. The van der Waals surface area contributed by atoms with Crippen LogP contribution in [0, 0.1) is 10.2 Å². The average Bonchev–Trinajstić information content (AvgIpc) is 2.30. The molecule has 0 saturated carbocycles. The predicted octanol–water partition coefficient (Wildman–Crippen LogP) is 2.16. The predicted molar refractivity (Wildman–Crippen MR) is 55.0 cm³/mol. The highest BCUT2D eigenvalue weighted by atomic mass is 32.1. The molecule has 1 aromatic rings. The molecule has 0 aromatic carbocycles. The van der Waals surface area contributed by atoms with Crippen LogP contribution in [0.3, 0.4) is 0 Å². The van der Waals surface area contributed by atoms with Gasteiger partial charge in [-0.05, 0) is 17.6 Å². The zero-order valence-corrected chi connectivity index (χ0v) is 9.27. The topological polar surface area (TPSA) is 41.0 Å². The van der Waals surface area contributed by atoms with Crippen molar-refractivity contribution in [3.8, 4) is 0 Å². The fourth-order valence-corrected chi connectivity index (χ4v) is 1.32. The van der Waals surface area contributed by atoms with Gasteiger partial charge in [0.15, 0.2) is 4.77 Å². The third-order valence-corrected chi connectivity index (χ3v) is 2.53. The van der Waals surface area contributed by atoms with E-state index in [2.05, 4.69) is 4.98 Å². The van der Waals surface area contributed by atoms with E-state index in [0.717, 1.165) is 5.69 Å². The number of rotatable bonds is 1. The summed E-state index contributed by atoms with van der Waals surface area (Å²) in [6, 6.07) is 0. The van der Waals surface area contributed by atoms with E-state index in [4.69, 9.17) is 12.2 Å². The van der Waals surface area contributed by atoms with Gasteiger partial charge in [0.2, 0.25) is 0 Å². The molecule has 0 aliphatic heterocycles. The number of aromatic nitrogens is 2. The second kappa shape index (κ2) is 3.27. The van der Waals surface area contributed by atoms with E-state index in [1.807, 2.05) is 27.8 Å². The number of aliphatic hydroxyl groups is 1. The maximum absolute atomic E-state index is 9.96. The van der Waals surface area contributed by atoms with Gasteiger partial charge in [-0.3, -0.25) is 0 Å². The van der Waals surface area contributed by atoms with E-state index < -0.39 is 6.10 Å². The number of nitrogens with one attached hydrogen (secondary N) is 1. The van der Waals surface area contributed by atoms with Gasteiger partial charge in [0, 0.05) is 13.2 Å². The summed E-state index contributed by atoms with van der Waals surface area (Å²) in [5.41, 5.74) is 0.666. The summed E-state index contributed by atoms with van der Waals surface area (Å²) in [6.45, 7) is 5.98. The lowest BCUT2D eigenvalue weighted by Crippen LogP contribution is -2.20. The molecule has 1 atom stereocenters. The zero-order chi connectivity index (χ0) is 10.2. The maximum atomic E-state index is 9.96. The van der Waals surface area contributed by atoms with Crippen molar-refractivity contribution in [1.29, 1.82) is 0 Å². The molecular weight excluding hydrogens is 184 g/mol. The minimum atomic E-state index is -0.495. The van der Waals surface area contributed by atoms with Gasteiger partial charge in [0.05, 0.1) is 5.69 Å². The number of hydrogen-bond donors (Lipinski definition) is 2. The monoisotopic (exact) mass is 200 g/mol. The van der Waals surface area contributed by atoms with Gasteiger partial charge in [0.1, 0.15) is 6.10 Å². The van der Waals surface area contributed by atoms with Crippen molar-refractivity contribution in [2.45, 2.75) is 26.9 Å². The Morgan fingerprint density at radius 1 is 1.54 bits per heavy atom. The fourth-order valence-electron chi connectivity index (χ4n) is 1.15. The molecule has 0 spiro atoms. The molecule has 0 amide bonds. The van der Waals surface area contributed by atoms with Crippen LogP contribution in [0.2, 0.25) is 0 Å². The molecule has 1 heterocycles. The van der Waals surface area contributed by atoms with Gasteiger partial charge in [-0.25, -0.2) is 0 Å². The Labute approximate surface area is 83.4 Å².